The van der Waals surface area contributed by atoms with Gasteiger partial charge in [-0.25, -0.2) is 13.1 Å². The van der Waals surface area contributed by atoms with Crippen LogP contribution in [0.5, 0.6) is 0 Å². The molecule has 0 saturated carbocycles. The van der Waals surface area contributed by atoms with Gasteiger partial charge in [-0.2, -0.15) is 13.2 Å². The molecule has 11 heteroatoms. The van der Waals surface area contributed by atoms with Gasteiger partial charge >= 0.3 is 6.18 Å². The Labute approximate surface area is 156 Å². The van der Waals surface area contributed by atoms with Crippen LogP contribution >= 0.6 is 12.4 Å². The molecular formula is C15H21ClF3N3O3S. The molecule has 148 valence electrons. The monoisotopic (exact) mass is 415 g/mol. The minimum atomic E-state index is -4.64. The van der Waals surface area contributed by atoms with Gasteiger partial charge in [0.2, 0.25) is 15.9 Å². The van der Waals surface area contributed by atoms with Gasteiger partial charge in [-0.05, 0) is 44.1 Å². The standard InChI is InChI=1S/C15H20F3N3O3S.ClH/c1-19-8-11-5-6-21(10-11)14(22)9-20-25(23,24)13-4-2-3-12(7-13)15(16,17)18;/h2-4,7,11,19-20H,5-6,8-10H2,1H3;1H. The van der Waals surface area contributed by atoms with Crippen LogP contribution in [0.15, 0.2) is 29.2 Å². The number of hydrogen-bond donors (Lipinski definition) is 2. The molecule has 1 amide bonds. The molecule has 1 atom stereocenters. The van der Waals surface area contributed by atoms with Crippen molar-refractivity contribution in [1.82, 2.24) is 14.9 Å². The average molecular weight is 416 g/mol. The van der Waals surface area contributed by atoms with Crippen LogP contribution in [0.2, 0.25) is 0 Å². The van der Waals surface area contributed by atoms with Crippen LogP contribution in [0, 0.1) is 5.92 Å². The molecule has 1 heterocycles. The second-order valence-corrected chi connectivity index (χ2v) is 7.67. The van der Waals surface area contributed by atoms with Crippen LogP contribution in [0.25, 0.3) is 0 Å². The van der Waals surface area contributed by atoms with Crippen LogP contribution in [-0.2, 0) is 21.0 Å². The first-order chi connectivity index (χ1) is 11.6. The smallest absolute Gasteiger partial charge is 0.341 e. The number of amides is 1. The van der Waals surface area contributed by atoms with E-state index in [1.54, 1.807) is 4.90 Å². The lowest BCUT2D eigenvalue weighted by atomic mass is 10.1. The summed E-state index contributed by atoms with van der Waals surface area (Å²) in [5.74, 6) is -0.0804. The van der Waals surface area contributed by atoms with E-state index < -0.39 is 39.1 Å². The minimum absolute atomic E-state index is 0. The molecule has 0 aliphatic carbocycles. The maximum absolute atomic E-state index is 12.7. The molecule has 1 aromatic carbocycles. The number of halogens is 4. The van der Waals surface area contributed by atoms with Crippen molar-refractivity contribution in [3.63, 3.8) is 0 Å². The normalized spacial score (nSPS) is 17.8. The highest BCUT2D eigenvalue weighted by Crippen LogP contribution is 2.30. The van der Waals surface area contributed by atoms with Gasteiger partial charge in [0.1, 0.15) is 0 Å². The third-order valence-electron chi connectivity index (χ3n) is 4.02. The van der Waals surface area contributed by atoms with Crippen molar-refractivity contribution in [2.75, 3.05) is 33.2 Å². The lowest BCUT2D eigenvalue weighted by Crippen LogP contribution is -2.39. The van der Waals surface area contributed by atoms with E-state index in [0.717, 1.165) is 31.2 Å². The van der Waals surface area contributed by atoms with Gasteiger partial charge in [-0.15, -0.1) is 12.4 Å². The van der Waals surface area contributed by atoms with Crippen molar-refractivity contribution in [3.8, 4) is 0 Å². The summed E-state index contributed by atoms with van der Waals surface area (Å²) in [4.78, 5) is 13.1. The Kier molecular flexibility index (Phi) is 7.87. The molecule has 1 aliphatic heterocycles. The van der Waals surface area contributed by atoms with Crippen LogP contribution in [0.1, 0.15) is 12.0 Å². The van der Waals surface area contributed by atoms with Crippen LogP contribution in [0.4, 0.5) is 13.2 Å². The zero-order chi connectivity index (χ0) is 18.7. The molecule has 1 aromatic rings. The largest absolute Gasteiger partial charge is 0.416 e. The highest BCUT2D eigenvalue weighted by atomic mass is 35.5. The molecule has 1 saturated heterocycles. The third-order valence-corrected chi connectivity index (χ3v) is 5.42. The Morgan fingerprint density at radius 1 is 1.35 bits per heavy atom. The molecule has 2 N–H and O–H groups in total. The van der Waals surface area contributed by atoms with E-state index in [4.69, 9.17) is 0 Å². The van der Waals surface area contributed by atoms with Gasteiger partial charge in [0.15, 0.2) is 0 Å². The fraction of sp³-hybridized carbons (Fsp3) is 0.533. The lowest BCUT2D eigenvalue weighted by Gasteiger charge is -2.17. The van der Waals surface area contributed by atoms with Crippen molar-refractivity contribution < 1.29 is 26.4 Å². The SMILES string of the molecule is CNCC1CCN(C(=O)CNS(=O)(=O)c2cccc(C(F)(F)F)c2)C1.Cl. The van der Waals surface area contributed by atoms with E-state index >= 15 is 0 Å². The highest BCUT2D eigenvalue weighted by molar-refractivity contribution is 7.89. The van der Waals surface area contributed by atoms with Gasteiger partial charge < -0.3 is 10.2 Å². The summed E-state index contributed by atoms with van der Waals surface area (Å²) in [6.45, 7) is 1.35. The Morgan fingerprint density at radius 3 is 2.65 bits per heavy atom. The predicted octanol–water partition coefficient (Wildman–Crippen LogP) is 1.47. The zero-order valence-electron chi connectivity index (χ0n) is 14.0. The number of nitrogens with one attached hydrogen (secondary N) is 2. The summed E-state index contributed by atoms with van der Waals surface area (Å²) in [6, 6.07) is 3.41. The number of likely N-dealkylation sites (tertiary alicyclic amines) is 1. The van der Waals surface area contributed by atoms with Crippen LogP contribution < -0.4 is 10.0 Å². The molecule has 0 spiro atoms. The molecule has 26 heavy (non-hydrogen) atoms. The highest BCUT2D eigenvalue weighted by Gasteiger charge is 2.32. The molecule has 6 nitrogen and oxygen atoms in total. The second-order valence-electron chi connectivity index (χ2n) is 5.90. The maximum atomic E-state index is 12.7. The van der Waals surface area contributed by atoms with Crippen LogP contribution in [0.3, 0.4) is 0 Å². The molecule has 0 aromatic heterocycles. The van der Waals surface area contributed by atoms with E-state index in [1.807, 2.05) is 7.05 Å². The quantitative estimate of drug-likeness (QED) is 0.737. The van der Waals surface area contributed by atoms with Gasteiger partial charge in [-0.1, -0.05) is 6.07 Å². The number of carbonyl (C=O) groups excluding carboxylic acids is 1. The fourth-order valence-electron chi connectivity index (χ4n) is 2.71. The van der Waals surface area contributed by atoms with Gasteiger partial charge in [0, 0.05) is 13.1 Å². The number of sulfonamides is 1. The molecule has 1 fully saturated rings. The average Bonchev–Trinajstić information content (AvgIpc) is 3.01. The van der Waals surface area contributed by atoms with E-state index in [1.165, 1.54) is 0 Å². The van der Waals surface area contributed by atoms with Crippen molar-refractivity contribution >= 4 is 28.3 Å². The first kappa shape index (κ1) is 22.7. The molecule has 1 aliphatic rings. The molecular weight excluding hydrogens is 395 g/mol. The Bertz CT molecular complexity index is 728. The Hall–Kier alpha value is -1.36. The maximum Gasteiger partial charge on any atom is 0.416 e. The predicted molar refractivity (Wildman–Crippen MR) is 92.5 cm³/mol. The van der Waals surface area contributed by atoms with Gasteiger partial charge in [0.05, 0.1) is 17.0 Å². The second kappa shape index (κ2) is 9.03. The summed E-state index contributed by atoms with van der Waals surface area (Å²) < 4.78 is 64.4. The van der Waals surface area contributed by atoms with Crippen molar-refractivity contribution in [2.45, 2.75) is 17.5 Å². The summed E-state index contributed by atoms with van der Waals surface area (Å²) in [5, 5.41) is 3.02. The number of rotatable bonds is 6. The van der Waals surface area contributed by atoms with Crippen LogP contribution in [-0.4, -0.2) is 52.5 Å². The number of carbonyl (C=O) groups is 1. The number of alkyl halides is 3. The minimum Gasteiger partial charge on any atom is -0.341 e. The van der Waals surface area contributed by atoms with E-state index in [0.29, 0.717) is 25.1 Å². The zero-order valence-corrected chi connectivity index (χ0v) is 15.7. The van der Waals surface area contributed by atoms with Crippen molar-refractivity contribution in [1.29, 1.82) is 0 Å². The number of nitrogens with zero attached hydrogens (tertiary/aromatic N) is 1. The third kappa shape index (κ3) is 5.83. The van der Waals surface area contributed by atoms with Gasteiger partial charge in [-0.3, -0.25) is 4.79 Å². The Balaban J connectivity index is 0.00000338. The number of benzene rings is 1. The Morgan fingerprint density at radius 2 is 2.04 bits per heavy atom. The lowest BCUT2D eigenvalue weighted by molar-refractivity contribution is -0.137. The molecule has 0 bridgehead atoms. The molecule has 2 rings (SSSR count). The number of hydrogen-bond acceptors (Lipinski definition) is 4. The summed E-state index contributed by atoms with van der Waals surface area (Å²) in [6.07, 6.45) is -3.81. The summed E-state index contributed by atoms with van der Waals surface area (Å²) in [7, 11) is -2.39. The topological polar surface area (TPSA) is 78.5 Å². The summed E-state index contributed by atoms with van der Waals surface area (Å²) in [5.41, 5.74) is -1.06. The van der Waals surface area contributed by atoms with E-state index in [-0.39, 0.29) is 12.4 Å². The van der Waals surface area contributed by atoms with E-state index in [2.05, 4.69) is 10.0 Å². The fourth-order valence-corrected chi connectivity index (χ4v) is 3.73. The summed E-state index contributed by atoms with van der Waals surface area (Å²) >= 11 is 0. The van der Waals surface area contributed by atoms with Crippen molar-refractivity contribution in [3.05, 3.63) is 29.8 Å². The van der Waals surface area contributed by atoms with Crippen molar-refractivity contribution in [2.24, 2.45) is 5.92 Å². The molecule has 0 radical (unpaired) electrons. The van der Waals surface area contributed by atoms with Gasteiger partial charge in [0.25, 0.3) is 0 Å². The molecule has 1 unspecified atom stereocenters. The first-order valence-corrected chi connectivity index (χ1v) is 9.21. The first-order valence-electron chi connectivity index (χ1n) is 7.73. The van der Waals surface area contributed by atoms with E-state index in [9.17, 15) is 26.4 Å².